The van der Waals surface area contributed by atoms with E-state index in [0.717, 1.165) is 37.5 Å². The smallest absolute Gasteiger partial charge is 0.231 e. The highest BCUT2D eigenvalue weighted by atomic mass is 16.5. The molecule has 1 heterocycles. The minimum atomic E-state index is -0.305. The molecule has 5 heteroatoms. The van der Waals surface area contributed by atoms with E-state index in [1.54, 1.807) is 0 Å². The number of nitrogens with one attached hydrogen (secondary N) is 2. The van der Waals surface area contributed by atoms with Crippen molar-refractivity contribution in [2.24, 2.45) is 5.41 Å². The van der Waals surface area contributed by atoms with E-state index in [-0.39, 0.29) is 11.3 Å². The lowest BCUT2D eigenvalue weighted by Crippen LogP contribution is -2.35. The minimum absolute atomic E-state index is 0.0776. The first-order valence-corrected chi connectivity index (χ1v) is 7.39. The van der Waals surface area contributed by atoms with Crippen LogP contribution in [0.2, 0.25) is 0 Å². The molecule has 0 spiro atoms. The maximum absolute atomic E-state index is 12.3. The number of carbonyl (C=O) groups is 1. The van der Waals surface area contributed by atoms with Gasteiger partial charge in [-0.25, -0.2) is 0 Å². The Bertz CT molecular complexity index is 465. The minimum Gasteiger partial charge on any atom is -0.492 e. The Balaban J connectivity index is 1.86. The van der Waals surface area contributed by atoms with Crippen LogP contribution < -0.4 is 15.4 Å². The van der Waals surface area contributed by atoms with E-state index in [1.807, 2.05) is 45.3 Å². The summed E-state index contributed by atoms with van der Waals surface area (Å²) in [5.74, 6) is 0.900. The monoisotopic (exact) mass is 291 g/mol. The molecule has 1 unspecified atom stereocenters. The van der Waals surface area contributed by atoms with Crippen molar-refractivity contribution in [1.82, 2.24) is 10.2 Å². The van der Waals surface area contributed by atoms with Gasteiger partial charge < -0.3 is 20.3 Å². The fourth-order valence-corrected chi connectivity index (χ4v) is 2.27. The van der Waals surface area contributed by atoms with E-state index in [2.05, 4.69) is 15.5 Å². The molecule has 1 aliphatic rings. The quantitative estimate of drug-likeness (QED) is 0.835. The predicted molar refractivity (Wildman–Crippen MR) is 84.7 cm³/mol. The average molecular weight is 291 g/mol. The summed E-state index contributed by atoms with van der Waals surface area (Å²) in [7, 11) is 4.03. The standard InChI is InChI=1S/C16H25N3O2/c1-16(8-9-17-12-16)15(20)18-13-4-6-14(7-5-13)21-11-10-19(2)3/h4-7,17H,8-12H2,1-3H3,(H,18,20). The van der Waals surface area contributed by atoms with Gasteiger partial charge in [0.2, 0.25) is 5.91 Å². The van der Waals surface area contributed by atoms with Crippen LogP contribution in [0.1, 0.15) is 13.3 Å². The molecule has 0 saturated carbocycles. The molecule has 1 amide bonds. The molecule has 5 nitrogen and oxygen atoms in total. The number of hydrogen-bond donors (Lipinski definition) is 2. The number of carbonyl (C=O) groups excluding carboxylic acids is 1. The first-order valence-electron chi connectivity index (χ1n) is 7.39. The molecule has 0 aromatic heterocycles. The Morgan fingerprint density at radius 3 is 2.67 bits per heavy atom. The first kappa shape index (κ1) is 15.8. The zero-order chi connectivity index (χ0) is 15.3. The van der Waals surface area contributed by atoms with E-state index in [4.69, 9.17) is 4.74 Å². The Kier molecular flexibility index (Phi) is 5.20. The molecule has 1 aliphatic heterocycles. The Labute approximate surface area is 126 Å². The van der Waals surface area contributed by atoms with Crippen molar-refractivity contribution < 1.29 is 9.53 Å². The van der Waals surface area contributed by atoms with Gasteiger partial charge in [0.15, 0.2) is 0 Å². The molecule has 116 valence electrons. The molecule has 1 fully saturated rings. The van der Waals surface area contributed by atoms with Crippen LogP contribution in [0, 0.1) is 5.41 Å². The lowest BCUT2D eigenvalue weighted by atomic mass is 9.89. The number of likely N-dealkylation sites (N-methyl/N-ethyl adjacent to an activating group) is 1. The summed E-state index contributed by atoms with van der Waals surface area (Å²) >= 11 is 0. The SMILES string of the molecule is CN(C)CCOc1ccc(NC(=O)C2(C)CCNC2)cc1. The van der Waals surface area contributed by atoms with E-state index >= 15 is 0 Å². The van der Waals surface area contributed by atoms with Crippen LogP contribution in [0.4, 0.5) is 5.69 Å². The van der Waals surface area contributed by atoms with Gasteiger partial charge in [0.05, 0.1) is 5.41 Å². The molecule has 1 atom stereocenters. The summed E-state index contributed by atoms with van der Waals surface area (Å²) in [6.45, 7) is 5.18. The summed E-state index contributed by atoms with van der Waals surface area (Å²) in [5, 5.41) is 6.22. The lowest BCUT2D eigenvalue weighted by Gasteiger charge is -2.21. The molecule has 21 heavy (non-hydrogen) atoms. The maximum atomic E-state index is 12.3. The number of amides is 1. The summed E-state index contributed by atoms with van der Waals surface area (Å²) in [6, 6.07) is 7.55. The van der Waals surface area contributed by atoms with Gasteiger partial charge in [-0.15, -0.1) is 0 Å². The third-order valence-electron chi connectivity index (χ3n) is 3.84. The van der Waals surface area contributed by atoms with Gasteiger partial charge in [0.1, 0.15) is 12.4 Å². The van der Waals surface area contributed by atoms with Crippen LogP contribution >= 0.6 is 0 Å². The molecular weight excluding hydrogens is 266 g/mol. The van der Waals surface area contributed by atoms with Crippen molar-refractivity contribution in [3.63, 3.8) is 0 Å². The zero-order valence-electron chi connectivity index (χ0n) is 13.1. The van der Waals surface area contributed by atoms with Crippen molar-refractivity contribution in [1.29, 1.82) is 0 Å². The fraction of sp³-hybridized carbons (Fsp3) is 0.562. The number of hydrogen-bond acceptors (Lipinski definition) is 4. The fourth-order valence-electron chi connectivity index (χ4n) is 2.27. The predicted octanol–water partition coefficient (Wildman–Crippen LogP) is 1.57. The average Bonchev–Trinajstić information content (AvgIpc) is 2.89. The van der Waals surface area contributed by atoms with E-state index < -0.39 is 0 Å². The summed E-state index contributed by atoms with van der Waals surface area (Å²) < 4.78 is 5.63. The highest BCUT2D eigenvalue weighted by Gasteiger charge is 2.36. The molecule has 1 saturated heterocycles. The number of ether oxygens (including phenoxy) is 1. The maximum Gasteiger partial charge on any atom is 0.231 e. The topological polar surface area (TPSA) is 53.6 Å². The van der Waals surface area contributed by atoms with Gasteiger partial charge in [0.25, 0.3) is 0 Å². The molecule has 1 aromatic rings. The highest BCUT2D eigenvalue weighted by Crippen LogP contribution is 2.26. The molecule has 2 rings (SSSR count). The molecule has 2 N–H and O–H groups in total. The lowest BCUT2D eigenvalue weighted by molar-refractivity contribution is -0.123. The Morgan fingerprint density at radius 2 is 2.10 bits per heavy atom. The zero-order valence-corrected chi connectivity index (χ0v) is 13.1. The number of nitrogens with zero attached hydrogens (tertiary/aromatic N) is 1. The molecular formula is C16H25N3O2. The second-order valence-corrected chi connectivity index (χ2v) is 6.12. The van der Waals surface area contributed by atoms with Crippen LogP contribution in [0.3, 0.4) is 0 Å². The van der Waals surface area contributed by atoms with Gasteiger partial charge in [-0.1, -0.05) is 0 Å². The van der Waals surface area contributed by atoms with Gasteiger partial charge >= 0.3 is 0 Å². The second-order valence-electron chi connectivity index (χ2n) is 6.12. The van der Waals surface area contributed by atoms with Crippen molar-refractivity contribution in [2.75, 3.05) is 45.7 Å². The largest absolute Gasteiger partial charge is 0.492 e. The van der Waals surface area contributed by atoms with Crippen LogP contribution in [0.5, 0.6) is 5.75 Å². The van der Waals surface area contributed by atoms with Crippen molar-refractivity contribution in [2.45, 2.75) is 13.3 Å². The van der Waals surface area contributed by atoms with E-state index in [1.165, 1.54) is 0 Å². The Morgan fingerprint density at radius 1 is 1.38 bits per heavy atom. The van der Waals surface area contributed by atoms with Crippen LogP contribution in [-0.4, -0.2) is 51.1 Å². The molecule has 0 bridgehead atoms. The second kappa shape index (κ2) is 6.91. The van der Waals surface area contributed by atoms with Crippen LogP contribution in [0.15, 0.2) is 24.3 Å². The van der Waals surface area contributed by atoms with Gasteiger partial charge in [-0.3, -0.25) is 4.79 Å². The first-order chi connectivity index (χ1) is 9.99. The van der Waals surface area contributed by atoms with Gasteiger partial charge in [0, 0.05) is 18.8 Å². The van der Waals surface area contributed by atoms with Crippen LogP contribution in [0.25, 0.3) is 0 Å². The normalized spacial score (nSPS) is 21.5. The van der Waals surface area contributed by atoms with E-state index in [9.17, 15) is 4.79 Å². The van der Waals surface area contributed by atoms with Crippen molar-refractivity contribution >= 4 is 11.6 Å². The number of rotatable bonds is 6. The Hall–Kier alpha value is -1.59. The third kappa shape index (κ3) is 4.44. The molecule has 0 radical (unpaired) electrons. The molecule has 1 aromatic carbocycles. The van der Waals surface area contributed by atoms with Gasteiger partial charge in [-0.05, 0) is 58.3 Å². The van der Waals surface area contributed by atoms with E-state index in [0.29, 0.717) is 6.61 Å². The van der Waals surface area contributed by atoms with Crippen molar-refractivity contribution in [3.05, 3.63) is 24.3 Å². The van der Waals surface area contributed by atoms with Gasteiger partial charge in [-0.2, -0.15) is 0 Å². The number of benzene rings is 1. The third-order valence-corrected chi connectivity index (χ3v) is 3.84. The molecule has 0 aliphatic carbocycles. The highest BCUT2D eigenvalue weighted by molar-refractivity contribution is 5.95. The van der Waals surface area contributed by atoms with Crippen molar-refractivity contribution in [3.8, 4) is 5.75 Å². The summed E-state index contributed by atoms with van der Waals surface area (Å²) in [5.41, 5.74) is 0.508. The summed E-state index contributed by atoms with van der Waals surface area (Å²) in [4.78, 5) is 14.4. The van der Waals surface area contributed by atoms with Crippen LogP contribution in [-0.2, 0) is 4.79 Å². The summed E-state index contributed by atoms with van der Waals surface area (Å²) in [6.07, 6.45) is 0.880. The number of anilines is 1.